The number of rotatable bonds is 61. The van der Waals surface area contributed by atoms with E-state index in [1.807, 2.05) is 0 Å². The van der Waals surface area contributed by atoms with Crippen LogP contribution in [-0.2, 0) is 65.4 Å². The molecule has 0 aliphatic rings. The summed E-state index contributed by atoms with van der Waals surface area (Å²) in [5.74, 6) is 0.125. The summed E-state index contributed by atoms with van der Waals surface area (Å²) in [4.78, 5) is 71.9. The Balaban J connectivity index is 5.20. The number of esters is 4. The largest absolute Gasteiger partial charge is 0.472 e. The third-order valence-electron chi connectivity index (χ3n) is 15.1. The quantitative estimate of drug-likeness (QED) is 0.0222. The van der Waals surface area contributed by atoms with Crippen LogP contribution in [0, 0.1) is 17.8 Å². The van der Waals surface area contributed by atoms with Gasteiger partial charge in [-0.25, -0.2) is 9.13 Å². The Kier molecular flexibility index (Phi) is 53.2. The molecule has 0 heterocycles. The highest BCUT2D eigenvalue weighted by Gasteiger charge is 2.30. The molecule has 0 aromatic rings. The molecule has 7 atom stereocenters. The predicted molar refractivity (Wildman–Crippen MR) is 326 cm³/mol. The fourth-order valence-electron chi connectivity index (χ4n) is 9.24. The topological polar surface area (TPSA) is 237 Å². The maximum Gasteiger partial charge on any atom is 0.472 e. The Hall–Kier alpha value is -1.94. The molecule has 0 saturated carbocycles. The molecule has 0 spiro atoms. The molecule has 19 heteroatoms. The van der Waals surface area contributed by atoms with E-state index in [4.69, 9.17) is 37.0 Å². The van der Waals surface area contributed by atoms with Crippen LogP contribution in [0.25, 0.3) is 0 Å². The molecule has 0 amide bonds. The number of ether oxygens (including phenoxy) is 4. The minimum atomic E-state index is -4.94. The van der Waals surface area contributed by atoms with Gasteiger partial charge in [0.1, 0.15) is 19.3 Å². The van der Waals surface area contributed by atoms with Crippen LogP contribution in [0.1, 0.15) is 305 Å². The second-order valence-electron chi connectivity index (χ2n) is 23.8. The smallest absolute Gasteiger partial charge is 0.462 e. The lowest BCUT2D eigenvalue weighted by Gasteiger charge is -2.21. The summed E-state index contributed by atoms with van der Waals surface area (Å²) in [6.45, 7) is 11.7. The average molecular weight is 1210 g/mol. The lowest BCUT2D eigenvalue weighted by atomic mass is 9.99. The van der Waals surface area contributed by atoms with Gasteiger partial charge in [-0.15, -0.1) is 0 Å². The van der Waals surface area contributed by atoms with Crippen molar-refractivity contribution in [1.29, 1.82) is 0 Å². The molecule has 0 saturated heterocycles. The van der Waals surface area contributed by atoms with Crippen molar-refractivity contribution in [3.05, 3.63) is 0 Å². The number of phosphoric ester groups is 2. The maximum atomic E-state index is 13.0. The predicted octanol–water partition coefficient (Wildman–Crippen LogP) is 17.1. The van der Waals surface area contributed by atoms with Crippen molar-refractivity contribution < 1.29 is 80.2 Å². The molecule has 0 aromatic carbocycles. The SMILES string of the molecule is CCCCCCCC(=O)OC[C@H](COP(=O)(O)OC[C@H](O)COP(=O)(O)OC[C@@H](COC(=O)CCCCCCCCCCC(C)CC)OC(=O)CCCCCCCCCCCCCCC(C)C)OC(=O)CCCCCCCCC(C)CC. The molecule has 0 aromatic heterocycles. The fraction of sp³-hybridized carbons (Fsp3) is 0.937. The number of aliphatic hydroxyl groups excluding tert-OH is 1. The van der Waals surface area contributed by atoms with Crippen molar-refractivity contribution in [1.82, 2.24) is 0 Å². The molecule has 82 heavy (non-hydrogen) atoms. The van der Waals surface area contributed by atoms with E-state index in [9.17, 15) is 43.2 Å². The molecular weight excluding hydrogens is 1090 g/mol. The standard InChI is InChI=1S/C63H122O17P2/c1-8-11-12-27-37-44-60(65)73-50-58(80-63(68)47-40-33-26-25-30-36-43-56(7)10-3)52-77-81(69,70)75-48-57(64)49-76-82(71,72)78-53-59(51-74-61(66)45-38-31-23-20-19-22-29-35-42-55(6)9-2)79-62(67)46-39-32-24-18-16-14-13-15-17-21-28-34-41-54(4)5/h54-59,64H,8-53H2,1-7H3,(H,69,70)(H,71,72)/t55?,56?,57-,58+,59+/m0/s1. The first-order valence-corrected chi connectivity index (χ1v) is 35.9. The first-order chi connectivity index (χ1) is 39.3. The summed E-state index contributed by atoms with van der Waals surface area (Å²) < 4.78 is 67.8. The van der Waals surface area contributed by atoms with Gasteiger partial charge in [-0.2, -0.15) is 0 Å². The van der Waals surface area contributed by atoms with E-state index >= 15 is 0 Å². The number of carbonyl (C=O) groups excluding carboxylic acids is 4. The summed E-state index contributed by atoms with van der Waals surface area (Å²) in [5, 5.41) is 10.5. The van der Waals surface area contributed by atoms with Crippen LogP contribution in [0.5, 0.6) is 0 Å². The summed E-state index contributed by atoms with van der Waals surface area (Å²) in [6.07, 6.45) is 35.2. The second-order valence-corrected chi connectivity index (χ2v) is 26.7. The van der Waals surface area contributed by atoms with E-state index in [0.717, 1.165) is 114 Å². The number of unbranched alkanes of at least 4 members (excludes halogenated alkanes) is 27. The Morgan fingerprint density at radius 3 is 0.927 bits per heavy atom. The average Bonchev–Trinajstić information content (AvgIpc) is 3.44. The first kappa shape index (κ1) is 80.1. The van der Waals surface area contributed by atoms with Gasteiger partial charge >= 0.3 is 39.5 Å². The number of carbonyl (C=O) groups is 4. The van der Waals surface area contributed by atoms with Crippen molar-refractivity contribution in [2.24, 2.45) is 17.8 Å². The highest BCUT2D eigenvalue weighted by atomic mass is 31.2. The highest BCUT2D eigenvalue weighted by molar-refractivity contribution is 7.47. The van der Waals surface area contributed by atoms with Crippen LogP contribution in [0.3, 0.4) is 0 Å². The second kappa shape index (κ2) is 54.5. The molecule has 17 nitrogen and oxygen atoms in total. The number of phosphoric acid groups is 2. The Labute approximate surface area is 498 Å². The lowest BCUT2D eigenvalue weighted by molar-refractivity contribution is -0.161. The number of hydrogen-bond acceptors (Lipinski definition) is 15. The summed E-state index contributed by atoms with van der Waals surface area (Å²) in [5.41, 5.74) is 0. The van der Waals surface area contributed by atoms with Gasteiger partial charge in [-0.1, -0.05) is 254 Å². The van der Waals surface area contributed by atoms with E-state index < -0.39 is 97.5 Å². The van der Waals surface area contributed by atoms with Crippen LogP contribution in [0.2, 0.25) is 0 Å². The Morgan fingerprint density at radius 1 is 0.354 bits per heavy atom. The monoisotopic (exact) mass is 1210 g/mol. The van der Waals surface area contributed by atoms with Crippen LogP contribution >= 0.6 is 15.6 Å². The van der Waals surface area contributed by atoms with E-state index in [0.29, 0.717) is 25.7 Å². The molecule has 3 N–H and O–H groups in total. The Bertz CT molecular complexity index is 1630. The van der Waals surface area contributed by atoms with E-state index in [1.165, 1.54) is 109 Å². The lowest BCUT2D eigenvalue weighted by Crippen LogP contribution is -2.30. The Morgan fingerprint density at radius 2 is 0.622 bits per heavy atom. The minimum Gasteiger partial charge on any atom is -0.462 e. The van der Waals surface area contributed by atoms with Gasteiger partial charge in [0.05, 0.1) is 26.4 Å². The molecule has 0 fully saturated rings. The molecule has 486 valence electrons. The van der Waals surface area contributed by atoms with Crippen molar-refractivity contribution in [2.45, 2.75) is 324 Å². The molecule has 0 bridgehead atoms. The van der Waals surface area contributed by atoms with E-state index in [1.54, 1.807) is 0 Å². The van der Waals surface area contributed by atoms with Gasteiger partial charge < -0.3 is 33.8 Å². The highest BCUT2D eigenvalue weighted by Crippen LogP contribution is 2.45. The summed E-state index contributed by atoms with van der Waals surface area (Å²) >= 11 is 0. The molecule has 0 radical (unpaired) electrons. The van der Waals surface area contributed by atoms with Crippen molar-refractivity contribution in [3.8, 4) is 0 Å². The van der Waals surface area contributed by atoms with Crippen LogP contribution < -0.4 is 0 Å². The van der Waals surface area contributed by atoms with Gasteiger partial charge in [0, 0.05) is 25.7 Å². The molecule has 0 rings (SSSR count). The van der Waals surface area contributed by atoms with Gasteiger partial charge in [-0.05, 0) is 43.4 Å². The minimum absolute atomic E-state index is 0.102. The fourth-order valence-corrected chi connectivity index (χ4v) is 10.8. The van der Waals surface area contributed by atoms with E-state index in [2.05, 4.69) is 48.5 Å². The van der Waals surface area contributed by atoms with E-state index in [-0.39, 0.29) is 25.7 Å². The van der Waals surface area contributed by atoms with Crippen molar-refractivity contribution in [3.63, 3.8) is 0 Å². The van der Waals surface area contributed by atoms with Gasteiger partial charge in [-0.3, -0.25) is 37.3 Å². The molecule has 0 aliphatic heterocycles. The molecule has 0 aliphatic carbocycles. The van der Waals surface area contributed by atoms with Crippen molar-refractivity contribution in [2.75, 3.05) is 39.6 Å². The number of hydrogen-bond donors (Lipinski definition) is 3. The molecule has 4 unspecified atom stereocenters. The zero-order valence-corrected chi connectivity index (χ0v) is 54.7. The third kappa shape index (κ3) is 54.7. The first-order valence-electron chi connectivity index (χ1n) is 32.9. The molecular formula is C63H122O17P2. The van der Waals surface area contributed by atoms with Gasteiger partial charge in [0.2, 0.25) is 0 Å². The van der Waals surface area contributed by atoms with Gasteiger partial charge in [0.25, 0.3) is 0 Å². The summed E-state index contributed by atoms with van der Waals surface area (Å²) in [7, 11) is -9.88. The van der Waals surface area contributed by atoms with Crippen LogP contribution in [0.4, 0.5) is 0 Å². The maximum absolute atomic E-state index is 13.0. The van der Waals surface area contributed by atoms with Gasteiger partial charge in [0.15, 0.2) is 12.2 Å². The van der Waals surface area contributed by atoms with Crippen LogP contribution in [-0.4, -0.2) is 96.7 Å². The summed E-state index contributed by atoms with van der Waals surface area (Å²) in [6, 6.07) is 0. The normalized spacial score (nSPS) is 15.1. The van der Waals surface area contributed by atoms with Crippen LogP contribution in [0.15, 0.2) is 0 Å². The van der Waals surface area contributed by atoms with Crippen molar-refractivity contribution >= 4 is 39.5 Å². The number of aliphatic hydroxyl groups is 1. The third-order valence-corrected chi connectivity index (χ3v) is 17.0. The zero-order chi connectivity index (χ0) is 61.0. The zero-order valence-electron chi connectivity index (χ0n) is 52.9.